The summed E-state index contributed by atoms with van der Waals surface area (Å²) in [6.45, 7) is 0. The highest BCUT2D eigenvalue weighted by atomic mass is 35.5. The Morgan fingerprint density at radius 1 is 1.03 bits per heavy atom. The minimum absolute atomic E-state index is 0.0211. The summed E-state index contributed by atoms with van der Waals surface area (Å²) in [7, 11) is -4.19. The molecule has 2 amide bonds. The number of hydrogen-bond donors (Lipinski definition) is 0. The molecule has 0 spiro atoms. The van der Waals surface area contributed by atoms with Crippen LogP contribution < -0.4 is 4.90 Å². The fraction of sp³-hybridized carbons (Fsp3) is 0.263. The molecule has 1 aliphatic heterocycles. The van der Waals surface area contributed by atoms with Crippen LogP contribution in [0.4, 0.5) is 10.1 Å². The van der Waals surface area contributed by atoms with Gasteiger partial charge in [0.05, 0.1) is 17.1 Å². The number of amides is 2. The van der Waals surface area contributed by atoms with Crippen LogP contribution in [0.3, 0.4) is 0 Å². The number of carbonyl (C=O) groups is 2. The summed E-state index contributed by atoms with van der Waals surface area (Å²) < 4.78 is 41.0. The van der Waals surface area contributed by atoms with Crippen LogP contribution >= 0.6 is 23.2 Å². The van der Waals surface area contributed by atoms with E-state index in [4.69, 9.17) is 23.2 Å². The number of benzene rings is 2. The lowest BCUT2D eigenvalue weighted by atomic mass is 10.2. The summed E-state index contributed by atoms with van der Waals surface area (Å²) in [6.07, 6.45) is 0.849. The van der Waals surface area contributed by atoms with Gasteiger partial charge in [0.1, 0.15) is 16.8 Å². The average molecular weight is 457 g/mol. The van der Waals surface area contributed by atoms with Crippen LogP contribution in [0.5, 0.6) is 0 Å². The standard InChI is InChI=1S/C19H15Cl2FN2O4S/c20-11-1-8-15(21)17(9-11)29(27,28)24(14-6-7-14)16-10-18(25)23(19(16)26)13-4-2-12(22)3-5-13/h1-5,8-9,14,16H,6-7,10H2. The van der Waals surface area contributed by atoms with E-state index in [9.17, 15) is 22.4 Å². The lowest BCUT2D eigenvalue weighted by molar-refractivity contribution is -0.122. The number of rotatable bonds is 5. The topological polar surface area (TPSA) is 74.8 Å². The van der Waals surface area contributed by atoms with Gasteiger partial charge in [-0.2, -0.15) is 4.31 Å². The Kier molecular flexibility index (Phi) is 5.14. The summed E-state index contributed by atoms with van der Waals surface area (Å²) in [5.41, 5.74) is 0.192. The fourth-order valence-corrected chi connectivity index (χ4v) is 5.98. The first-order valence-corrected chi connectivity index (χ1v) is 11.0. The quantitative estimate of drug-likeness (QED) is 0.643. The molecular formula is C19H15Cl2FN2O4S. The third-order valence-electron chi connectivity index (χ3n) is 4.87. The van der Waals surface area contributed by atoms with Crippen LogP contribution in [0.2, 0.25) is 10.0 Å². The predicted molar refractivity (Wildman–Crippen MR) is 106 cm³/mol. The Morgan fingerprint density at radius 3 is 2.31 bits per heavy atom. The minimum Gasteiger partial charge on any atom is -0.274 e. The highest BCUT2D eigenvalue weighted by Crippen LogP contribution is 2.40. The predicted octanol–water partition coefficient (Wildman–Crippen LogP) is 3.62. The van der Waals surface area contributed by atoms with E-state index >= 15 is 0 Å². The molecule has 0 bridgehead atoms. The Balaban J connectivity index is 1.73. The van der Waals surface area contributed by atoms with Crippen LogP contribution in [-0.4, -0.2) is 36.6 Å². The highest BCUT2D eigenvalue weighted by molar-refractivity contribution is 7.89. The molecule has 29 heavy (non-hydrogen) atoms. The molecule has 1 atom stereocenters. The molecular weight excluding hydrogens is 442 g/mol. The summed E-state index contributed by atoms with van der Waals surface area (Å²) in [4.78, 5) is 26.3. The number of nitrogens with zero attached hydrogens (tertiary/aromatic N) is 2. The lowest BCUT2D eigenvalue weighted by Crippen LogP contribution is -2.46. The first-order chi connectivity index (χ1) is 13.7. The van der Waals surface area contributed by atoms with Crippen molar-refractivity contribution in [1.82, 2.24) is 4.31 Å². The van der Waals surface area contributed by atoms with Crippen LogP contribution in [0, 0.1) is 5.82 Å². The average Bonchev–Trinajstić information content (AvgIpc) is 3.44. The zero-order valence-corrected chi connectivity index (χ0v) is 17.2. The van der Waals surface area contributed by atoms with Crippen molar-refractivity contribution in [2.75, 3.05) is 4.90 Å². The van der Waals surface area contributed by atoms with E-state index in [-0.39, 0.29) is 27.0 Å². The second-order valence-electron chi connectivity index (χ2n) is 6.90. The molecule has 10 heteroatoms. The fourth-order valence-electron chi connectivity index (χ4n) is 3.41. The van der Waals surface area contributed by atoms with Crippen molar-refractivity contribution < 1.29 is 22.4 Å². The summed E-state index contributed by atoms with van der Waals surface area (Å²) in [5, 5.41) is 0.165. The number of anilines is 1. The summed E-state index contributed by atoms with van der Waals surface area (Å²) in [5.74, 6) is -1.73. The Hall–Kier alpha value is -2.00. The highest BCUT2D eigenvalue weighted by Gasteiger charge is 2.52. The van der Waals surface area contributed by atoms with Gasteiger partial charge in [0, 0.05) is 11.1 Å². The third-order valence-corrected chi connectivity index (χ3v) is 7.55. The van der Waals surface area contributed by atoms with E-state index in [1.807, 2.05) is 0 Å². The molecule has 2 aromatic rings. The molecule has 6 nitrogen and oxygen atoms in total. The maximum Gasteiger partial charge on any atom is 0.252 e. The zero-order valence-electron chi connectivity index (χ0n) is 14.9. The number of imide groups is 1. The molecule has 4 rings (SSSR count). The van der Waals surface area contributed by atoms with Crippen molar-refractivity contribution in [3.8, 4) is 0 Å². The normalized spacial score (nSPS) is 20.0. The molecule has 1 aliphatic carbocycles. The molecule has 1 heterocycles. The van der Waals surface area contributed by atoms with Crippen molar-refractivity contribution in [3.05, 3.63) is 58.3 Å². The number of halogens is 3. The molecule has 2 aliphatic rings. The van der Waals surface area contributed by atoms with Gasteiger partial charge < -0.3 is 0 Å². The van der Waals surface area contributed by atoms with Crippen molar-refractivity contribution in [1.29, 1.82) is 0 Å². The molecule has 1 saturated heterocycles. The second kappa shape index (κ2) is 7.36. The van der Waals surface area contributed by atoms with E-state index in [1.54, 1.807) is 0 Å². The van der Waals surface area contributed by atoms with E-state index in [1.165, 1.54) is 30.3 Å². The molecule has 2 aromatic carbocycles. The van der Waals surface area contributed by atoms with Gasteiger partial charge in [-0.25, -0.2) is 17.7 Å². The molecule has 152 valence electrons. The SMILES string of the molecule is O=C1CC(N(C2CC2)S(=O)(=O)c2cc(Cl)ccc2Cl)C(=O)N1c1ccc(F)cc1. The first-order valence-electron chi connectivity index (χ1n) is 8.81. The largest absolute Gasteiger partial charge is 0.274 e. The van der Waals surface area contributed by atoms with Gasteiger partial charge in [-0.3, -0.25) is 9.59 Å². The summed E-state index contributed by atoms with van der Waals surface area (Å²) in [6, 6.07) is 7.33. The smallest absolute Gasteiger partial charge is 0.252 e. The molecule has 0 aromatic heterocycles. The molecule has 0 N–H and O–H groups in total. The van der Waals surface area contributed by atoms with Crippen LogP contribution in [0.25, 0.3) is 0 Å². The molecule has 1 saturated carbocycles. The molecule has 2 fully saturated rings. The monoisotopic (exact) mass is 456 g/mol. The maximum atomic E-state index is 13.4. The third kappa shape index (κ3) is 3.66. The Bertz CT molecular complexity index is 1100. The van der Waals surface area contributed by atoms with Gasteiger partial charge in [-0.05, 0) is 55.3 Å². The zero-order chi connectivity index (χ0) is 20.9. The van der Waals surface area contributed by atoms with Crippen molar-refractivity contribution in [2.24, 2.45) is 0 Å². The maximum absolute atomic E-state index is 13.4. The van der Waals surface area contributed by atoms with Gasteiger partial charge in [0.25, 0.3) is 5.91 Å². The Morgan fingerprint density at radius 2 is 1.69 bits per heavy atom. The molecule has 0 radical (unpaired) electrons. The minimum atomic E-state index is -4.19. The van der Waals surface area contributed by atoms with E-state index in [0.717, 1.165) is 21.3 Å². The number of hydrogen-bond acceptors (Lipinski definition) is 4. The van der Waals surface area contributed by atoms with Crippen LogP contribution in [-0.2, 0) is 19.6 Å². The van der Waals surface area contributed by atoms with Crippen LogP contribution in [0.15, 0.2) is 47.4 Å². The van der Waals surface area contributed by atoms with Crippen LogP contribution in [0.1, 0.15) is 19.3 Å². The van der Waals surface area contributed by atoms with Gasteiger partial charge in [0.15, 0.2) is 0 Å². The van der Waals surface area contributed by atoms with E-state index < -0.39 is 39.7 Å². The van der Waals surface area contributed by atoms with Gasteiger partial charge >= 0.3 is 0 Å². The van der Waals surface area contributed by atoms with Crippen molar-refractivity contribution in [3.63, 3.8) is 0 Å². The first kappa shape index (κ1) is 20.3. The van der Waals surface area contributed by atoms with Gasteiger partial charge in [-0.1, -0.05) is 23.2 Å². The van der Waals surface area contributed by atoms with Crippen molar-refractivity contribution in [2.45, 2.75) is 36.2 Å². The van der Waals surface area contributed by atoms with Gasteiger partial charge in [0.2, 0.25) is 15.9 Å². The Labute approximate surface area is 176 Å². The number of carbonyl (C=O) groups excluding carboxylic acids is 2. The van der Waals surface area contributed by atoms with Crippen molar-refractivity contribution >= 4 is 50.7 Å². The van der Waals surface area contributed by atoms with E-state index in [2.05, 4.69) is 0 Å². The van der Waals surface area contributed by atoms with Gasteiger partial charge in [-0.15, -0.1) is 0 Å². The number of sulfonamides is 1. The summed E-state index contributed by atoms with van der Waals surface area (Å²) >= 11 is 12.0. The lowest BCUT2D eigenvalue weighted by Gasteiger charge is -2.27. The second-order valence-corrected chi connectivity index (χ2v) is 9.56. The van der Waals surface area contributed by atoms with E-state index in [0.29, 0.717) is 12.8 Å². The molecule has 1 unspecified atom stereocenters.